The zero-order valence-corrected chi connectivity index (χ0v) is 11.1. The number of hydrogen-bond donors (Lipinski definition) is 0. The van der Waals surface area contributed by atoms with Crippen LogP contribution in [0.4, 0.5) is 0 Å². The molecule has 0 amide bonds. The summed E-state index contributed by atoms with van der Waals surface area (Å²) in [6.07, 6.45) is 2.01. The average molecular weight is 283 g/mol. The van der Waals surface area contributed by atoms with Crippen molar-refractivity contribution in [3.8, 4) is 0 Å². The summed E-state index contributed by atoms with van der Waals surface area (Å²) in [5.41, 5.74) is 3.92. The molecule has 0 bridgehead atoms. The second-order valence-corrected chi connectivity index (χ2v) is 5.31. The van der Waals surface area contributed by atoms with E-state index < -0.39 is 0 Å². The SMILES string of the molecule is Clc1cc(Cl)c2ccn(Cc3cscn3)c2c1. The van der Waals surface area contributed by atoms with Gasteiger partial charge in [0, 0.05) is 22.0 Å². The number of rotatable bonds is 2. The first kappa shape index (κ1) is 11.1. The predicted molar refractivity (Wildman–Crippen MR) is 73.2 cm³/mol. The Hall–Kier alpha value is -1.03. The fourth-order valence-electron chi connectivity index (χ4n) is 1.85. The van der Waals surface area contributed by atoms with Gasteiger partial charge in [-0.3, -0.25) is 0 Å². The van der Waals surface area contributed by atoms with E-state index in [1.165, 1.54) is 0 Å². The summed E-state index contributed by atoms with van der Waals surface area (Å²) >= 11 is 13.8. The van der Waals surface area contributed by atoms with Gasteiger partial charge in [0.25, 0.3) is 0 Å². The molecule has 0 aliphatic carbocycles. The van der Waals surface area contributed by atoms with Crippen molar-refractivity contribution >= 4 is 45.4 Å². The van der Waals surface area contributed by atoms with Crippen molar-refractivity contribution in [2.75, 3.05) is 0 Å². The van der Waals surface area contributed by atoms with Crippen LogP contribution in [0.15, 0.2) is 35.3 Å². The Morgan fingerprint density at radius 3 is 2.94 bits per heavy atom. The quantitative estimate of drug-likeness (QED) is 0.679. The number of nitrogens with zero attached hydrogens (tertiary/aromatic N) is 2. The molecule has 5 heteroatoms. The Morgan fingerprint density at radius 2 is 2.18 bits per heavy atom. The molecule has 0 saturated carbocycles. The van der Waals surface area contributed by atoms with Crippen molar-refractivity contribution in [1.82, 2.24) is 9.55 Å². The first-order valence-electron chi connectivity index (χ1n) is 5.05. The zero-order valence-electron chi connectivity index (χ0n) is 8.73. The van der Waals surface area contributed by atoms with Crippen LogP contribution in [0, 0.1) is 0 Å². The van der Waals surface area contributed by atoms with Crippen LogP contribution >= 0.6 is 34.5 Å². The lowest BCUT2D eigenvalue weighted by Gasteiger charge is -2.04. The van der Waals surface area contributed by atoms with Crippen molar-refractivity contribution in [2.45, 2.75) is 6.54 Å². The number of benzene rings is 1. The minimum atomic E-state index is 0.653. The van der Waals surface area contributed by atoms with E-state index in [2.05, 4.69) is 9.55 Å². The Kier molecular flexibility index (Phi) is 2.82. The zero-order chi connectivity index (χ0) is 11.8. The van der Waals surface area contributed by atoms with Gasteiger partial charge in [-0.2, -0.15) is 0 Å². The maximum absolute atomic E-state index is 6.15. The predicted octanol–water partition coefficient (Wildman–Crippen LogP) is 4.45. The molecule has 2 heterocycles. The normalized spacial score (nSPS) is 11.2. The second-order valence-electron chi connectivity index (χ2n) is 3.74. The van der Waals surface area contributed by atoms with Crippen LogP contribution in [0.5, 0.6) is 0 Å². The summed E-state index contributed by atoms with van der Waals surface area (Å²) in [6, 6.07) is 5.69. The van der Waals surface area contributed by atoms with Gasteiger partial charge in [0.05, 0.1) is 28.3 Å². The van der Waals surface area contributed by atoms with E-state index >= 15 is 0 Å². The van der Waals surface area contributed by atoms with Gasteiger partial charge in [-0.25, -0.2) is 4.98 Å². The largest absolute Gasteiger partial charge is 0.341 e. The van der Waals surface area contributed by atoms with Crippen LogP contribution in [0.2, 0.25) is 10.0 Å². The topological polar surface area (TPSA) is 17.8 Å². The van der Waals surface area contributed by atoms with Crippen LogP contribution in [0.3, 0.4) is 0 Å². The Labute approximate surface area is 112 Å². The molecule has 0 radical (unpaired) electrons. The minimum Gasteiger partial charge on any atom is -0.341 e. The molecule has 2 nitrogen and oxygen atoms in total. The number of fused-ring (bicyclic) bond motifs is 1. The highest BCUT2D eigenvalue weighted by atomic mass is 35.5. The van der Waals surface area contributed by atoms with E-state index in [-0.39, 0.29) is 0 Å². The molecule has 2 aromatic heterocycles. The highest BCUT2D eigenvalue weighted by Crippen LogP contribution is 2.29. The number of hydrogen-bond acceptors (Lipinski definition) is 2. The van der Waals surface area contributed by atoms with Gasteiger partial charge < -0.3 is 4.57 Å². The Bertz CT molecular complexity index is 659. The van der Waals surface area contributed by atoms with Gasteiger partial charge in [0.15, 0.2) is 0 Å². The molecule has 0 atom stereocenters. The van der Waals surface area contributed by atoms with Crippen LogP contribution in [-0.4, -0.2) is 9.55 Å². The van der Waals surface area contributed by atoms with Crippen LogP contribution < -0.4 is 0 Å². The standard InChI is InChI=1S/C12H8Cl2N2S/c13-8-3-11(14)10-1-2-16(12(10)4-8)5-9-6-17-7-15-9/h1-4,6-7H,5H2. The molecule has 0 aliphatic rings. The van der Waals surface area contributed by atoms with Crippen molar-refractivity contribution in [2.24, 2.45) is 0 Å². The molecule has 0 spiro atoms. The molecule has 0 fully saturated rings. The monoisotopic (exact) mass is 282 g/mol. The second kappa shape index (κ2) is 4.33. The minimum absolute atomic E-state index is 0.653. The number of aromatic nitrogens is 2. The maximum atomic E-state index is 6.15. The molecule has 0 N–H and O–H groups in total. The van der Waals surface area contributed by atoms with Crippen LogP contribution in [-0.2, 0) is 6.54 Å². The first-order valence-corrected chi connectivity index (χ1v) is 6.75. The van der Waals surface area contributed by atoms with Gasteiger partial charge in [0.2, 0.25) is 0 Å². The summed E-state index contributed by atoms with van der Waals surface area (Å²) < 4.78 is 2.10. The fourth-order valence-corrected chi connectivity index (χ4v) is 2.94. The first-order chi connectivity index (χ1) is 8.24. The Morgan fingerprint density at radius 1 is 1.29 bits per heavy atom. The third-order valence-electron chi connectivity index (χ3n) is 2.62. The lowest BCUT2D eigenvalue weighted by Crippen LogP contribution is -1.97. The molecule has 86 valence electrons. The average Bonchev–Trinajstić information content (AvgIpc) is 2.89. The van der Waals surface area contributed by atoms with Crippen molar-refractivity contribution in [3.05, 3.63) is 51.0 Å². The fraction of sp³-hybridized carbons (Fsp3) is 0.0833. The van der Waals surface area contributed by atoms with Crippen LogP contribution in [0.1, 0.15) is 5.69 Å². The number of halogens is 2. The van der Waals surface area contributed by atoms with E-state index in [9.17, 15) is 0 Å². The van der Waals surface area contributed by atoms with Gasteiger partial charge in [-0.1, -0.05) is 23.2 Å². The summed E-state index contributed by atoms with van der Waals surface area (Å²) in [6.45, 7) is 0.740. The molecule has 0 unspecified atom stereocenters. The van der Waals surface area contributed by atoms with Crippen molar-refractivity contribution in [3.63, 3.8) is 0 Å². The van der Waals surface area contributed by atoms with Crippen LogP contribution in [0.25, 0.3) is 10.9 Å². The third-order valence-corrected chi connectivity index (χ3v) is 3.79. The van der Waals surface area contributed by atoms with E-state index in [0.717, 1.165) is 23.1 Å². The number of thiazole rings is 1. The van der Waals surface area contributed by atoms with E-state index in [0.29, 0.717) is 10.0 Å². The van der Waals surface area contributed by atoms with E-state index in [1.54, 1.807) is 17.4 Å². The van der Waals surface area contributed by atoms with E-state index in [1.807, 2.05) is 29.2 Å². The highest BCUT2D eigenvalue weighted by molar-refractivity contribution is 7.07. The smallest absolute Gasteiger partial charge is 0.0795 e. The summed E-state index contributed by atoms with van der Waals surface area (Å²) in [5.74, 6) is 0. The molecule has 0 aliphatic heterocycles. The lowest BCUT2D eigenvalue weighted by atomic mass is 10.2. The summed E-state index contributed by atoms with van der Waals surface area (Å²) in [4.78, 5) is 4.27. The van der Waals surface area contributed by atoms with Crippen molar-refractivity contribution in [1.29, 1.82) is 0 Å². The van der Waals surface area contributed by atoms with Crippen molar-refractivity contribution < 1.29 is 0 Å². The molecule has 0 saturated heterocycles. The highest BCUT2D eigenvalue weighted by Gasteiger charge is 2.07. The molecule has 3 aromatic rings. The molecular weight excluding hydrogens is 275 g/mol. The molecule has 3 rings (SSSR count). The Balaban J connectivity index is 2.11. The van der Waals surface area contributed by atoms with Gasteiger partial charge >= 0.3 is 0 Å². The molecular formula is C12H8Cl2N2S. The maximum Gasteiger partial charge on any atom is 0.0795 e. The van der Waals surface area contributed by atoms with E-state index in [4.69, 9.17) is 23.2 Å². The van der Waals surface area contributed by atoms with Gasteiger partial charge in [-0.05, 0) is 18.2 Å². The van der Waals surface area contributed by atoms with Gasteiger partial charge in [-0.15, -0.1) is 11.3 Å². The summed E-state index contributed by atoms with van der Waals surface area (Å²) in [7, 11) is 0. The molecule has 1 aromatic carbocycles. The lowest BCUT2D eigenvalue weighted by molar-refractivity contribution is 0.814. The summed E-state index contributed by atoms with van der Waals surface area (Å²) in [5, 5.41) is 4.40. The molecule has 17 heavy (non-hydrogen) atoms. The van der Waals surface area contributed by atoms with Gasteiger partial charge in [0.1, 0.15) is 0 Å². The third kappa shape index (κ3) is 2.06.